The number of carboxylic acid groups (broad SMARTS) is 2. The second-order valence-electron chi connectivity index (χ2n) is 3.87. The molecule has 0 spiro atoms. The van der Waals surface area contributed by atoms with Gasteiger partial charge in [-0.15, -0.1) is 0 Å². The Morgan fingerprint density at radius 1 is 1.06 bits per heavy atom. The van der Waals surface area contributed by atoms with E-state index in [4.69, 9.17) is 15.9 Å². The molecule has 0 radical (unpaired) electrons. The van der Waals surface area contributed by atoms with Crippen molar-refractivity contribution in [1.82, 2.24) is 5.32 Å². The van der Waals surface area contributed by atoms with Crippen molar-refractivity contribution < 1.29 is 24.6 Å². The van der Waals surface area contributed by atoms with E-state index in [1.165, 1.54) is 13.8 Å². The van der Waals surface area contributed by atoms with Crippen LogP contribution in [-0.2, 0) is 14.4 Å². The van der Waals surface area contributed by atoms with Gasteiger partial charge in [-0.1, -0.05) is 13.8 Å². The maximum absolute atomic E-state index is 10.2. The van der Waals surface area contributed by atoms with E-state index in [-0.39, 0.29) is 11.8 Å². The van der Waals surface area contributed by atoms with E-state index in [0.717, 1.165) is 0 Å². The largest absolute Gasteiger partial charge is 0.480 e. The lowest BCUT2D eigenvalue weighted by Gasteiger charge is -2.07. The molecule has 0 aromatic heterocycles. The number of hydrogen-bond donors (Lipinski definition) is 4. The van der Waals surface area contributed by atoms with E-state index >= 15 is 0 Å². The monoisotopic (exact) mass is 248 g/mol. The van der Waals surface area contributed by atoms with Crippen LogP contribution in [0.2, 0.25) is 0 Å². The molecule has 0 aliphatic heterocycles. The van der Waals surface area contributed by atoms with Crippen molar-refractivity contribution in [3.05, 3.63) is 0 Å². The second-order valence-corrected chi connectivity index (χ2v) is 3.87. The molecule has 7 heteroatoms. The second kappa shape index (κ2) is 8.51. The van der Waals surface area contributed by atoms with Crippen LogP contribution in [0.3, 0.4) is 0 Å². The zero-order chi connectivity index (χ0) is 14.2. The maximum Gasteiger partial charge on any atom is 0.325 e. The van der Waals surface area contributed by atoms with Crippen molar-refractivity contribution in [3.63, 3.8) is 0 Å². The van der Waals surface area contributed by atoms with E-state index in [1.54, 1.807) is 13.8 Å². The summed E-state index contributed by atoms with van der Waals surface area (Å²) in [5.74, 6) is -2.26. The number of nitrogens with one attached hydrogen (secondary N) is 1. The van der Waals surface area contributed by atoms with Gasteiger partial charge in [0, 0.05) is 6.92 Å². The Morgan fingerprint density at radius 2 is 1.47 bits per heavy atom. The lowest BCUT2D eigenvalue weighted by molar-refractivity contribution is -0.141. The predicted molar refractivity (Wildman–Crippen MR) is 61.4 cm³/mol. The fraction of sp³-hybridized carbons (Fsp3) is 0.700. The zero-order valence-electron chi connectivity index (χ0n) is 10.4. The van der Waals surface area contributed by atoms with E-state index in [2.05, 4.69) is 5.32 Å². The van der Waals surface area contributed by atoms with Gasteiger partial charge in [-0.05, 0) is 12.8 Å². The minimum absolute atomic E-state index is 0.0208. The van der Waals surface area contributed by atoms with E-state index in [1.807, 2.05) is 0 Å². The third-order valence-corrected chi connectivity index (χ3v) is 1.79. The van der Waals surface area contributed by atoms with Crippen LogP contribution in [0.25, 0.3) is 0 Å². The van der Waals surface area contributed by atoms with Gasteiger partial charge in [0.1, 0.15) is 12.1 Å². The smallest absolute Gasteiger partial charge is 0.325 e. The van der Waals surface area contributed by atoms with Crippen molar-refractivity contribution in [1.29, 1.82) is 0 Å². The van der Waals surface area contributed by atoms with Crippen molar-refractivity contribution in [3.8, 4) is 0 Å². The molecule has 0 bridgehead atoms. The molecule has 0 aromatic carbocycles. The van der Waals surface area contributed by atoms with Crippen LogP contribution in [0.5, 0.6) is 0 Å². The summed E-state index contributed by atoms with van der Waals surface area (Å²) >= 11 is 0. The van der Waals surface area contributed by atoms with Gasteiger partial charge in [0.05, 0.1) is 0 Å². The average Bonchev–Trinajstić information content (AvgIpc) is 2.15. The summed E-state index contributed by atoms with van der Waals surface area (Å²) in [5, 5.41) is 18.6. The fourth-order valence-corrected chi connectivity index (χ4v) is 0.652. The highest BCUT2D eigenvalue weighted by Gasteiger charge is 2.14. The number of hydrogen-bond acceptors (Lipinski definition) is 4. The summed E-state index contributed by atoms with van der Waals surface area (Å²) in [4.78, 5) is 30.2. The molecule has 7 nitrogen and oxygen atoms in total. The van der Waals surface area contributed by atoms with E-state index < -0.39 is 24.0 Å². The maximum atomic E-state index is 10.2. The first-order valence-corrected chi connectivity index (χ1v) is 5.07. The van der Waals surface area contributed by atoms with Gasteiger partial charge >= 0.3 is 11.9 Å². The molecule has 0 aromatic rings. The Balaban J connectivity index is 0. The predicted octanol–water partition coefficient (Wildman–Crippen LogP) is -0.350. The molecule has 1 amide bonds. The first kappa shape index (κ1) is 17.8. The Kier molecular flexibility index (Phi) is 8.89. The molecule has 0 heterocycles. The lowest BCUT2D eigenvalue weighted by atomic mass is 10.1. The molecule has 0 aliphatic carbocycles. The SMILES string of the molecule is CC(=O)NC(C)C(=O)O.CC(C)C(N)C(=O)O. The molecule has 0 saturated carbocycles. The molecule has 2 atom stereocenters. The highest BCUT2D eigenvalue weighted by atomic mass is 16.4. The first-order chi connectivity index (χ1) is 7.59. The standard InChI is InChI=1S/C5H9NO3.C5H11NO2/c1-3(5(8)9)6-4(2)7;1-3(2)4(6)5(7)8/h3H,1-2H3,(H,6,7)(H,8,9);3-4H,6H2,1-2H3,(H,7,8). The van der Waals surface area contributed by atoms with Crippen LogP contribution >= 0.6 is 0 Å². The number of rotatable bonds is 4. The topological polar surface area (TPSA) is 130 Å². The Bertz CT molecular complexity index is 278. The highest BCUT2D eigenvalue weighted by molar-refractivity contribution is 5.81. The Labute approximate surface area is 100.0 Å². The van der Waals surface area contributed by atoms with Crippen molar-refractivity contribution in [2.45, 2.75) is 39.8 Å². The minimum atomic E-state index is -1.02. The highest BCUT2D eigenvalue weighted by Crippen LogP contribution is 1.96. The Hall–Kier alpha value is -1.63. The number of amides is 1. The quantitative estimate of drug-likeness (QED) is 0.538. The first-order valence-electron chi connectivity index (χ1n) is 5.07. The molecule has 0 saturated heterocycles. The van der Waals surface area contributed by atoms with Crippen LogP contribution in [0.15, 0.2) is 0 Å². The van der Waals surface area contributed by atoms with Gasteiger partial charge in [-0.2, -0.15) is 0 Å². The van der Waals surface area contributed by atoms with Crippen LogP contribution in [0.4, 0.5) is 0 Å². The summed E-state index contributed by atoms with van der Waals surface area (Å²) in [6.07, 6.45) is 0. The molecule has 0 aliphatic rings. The summed E-state index contributed by atoms with van der Waals surface area (Å²) in [6, 6.07) is -1.50. The average molecular weight is 248 g/mol. The van der Waals surface area contributed by atoms with Crippen molar-refractivity contribution >= 4 is 17.8 Å². The summed E-state index contributed by atoms with van der Waals surface area (Å²) in [6.45, 7) is 6.24. The molecule has 0 fully saturated rings. The lowest BCUT2D eigenvalue weighted by Crippen LogP contribution is -2.36. The number of carbonyl (C=O) groups is 3. The van der Waals surface area contributed by atoms with Crippen molar-refractivity contribution in [2.24, 2.45) is 11.7 Å². The van der Waals surface area contributed by atoms with Gasteiger partial charge in [0.15, 0.2) is 0 Å². The van der Waals surface area contributed by atoms with Crippen LogP contribution in [0.1, 0.15) is 27.7 Å². The number of carbonyl (C=O) groups excluding carboxylic acids is 1. The normalized spacial score (nSPS) is 13.1. The van der Waals surface area contributed by atoms with E-state index in [0.29, 0.717) is 0 Å². The Morgan fingerprint density at radius 3 is 1.53 bits per heavy atom. The van der Waals surface area contributed by atoms with Crippen LogP contribution < -0.4 is 11.1 Å². The molecule has 17 heavy (non-hydrogen) atoms. The van der Waals surface area contributed by atoms with Crippen LogP contribution in [0, 0.1) is 5.92 Å². The summed E-state index contributed by atoms with van der Waals surface area (Å²) < 4.78 is 0. The number of carboxylic acids is 2. The molecule has 5 N–H and O–H groups in total. The zero-order valence-corrected chi connectivity index (χ0v) is 10.4. The van der Waals surface area contributed by atoms with Crippen LogP contribution in [-0.4, -0.2) is 40.1 Å². The van der Waals surface area contributed by atoms with E-state index in [9.17, 15) is 14.4 Å². The van der Waals surface area contributed by atoms with Gasteiger partial charge in [0.2, 0.25) is 5.91 Å². The molecular weight excluding hydrogens is 228 g/mol. The van der Waals surface area contributed by atoms with Crippen molar-refractivity contribution in [2.75, 3.05) is 0 Å². The summed E-state index contributed by atoms with van der Waals surface area (Å²) in [5.41, 5.74) is 5.16. The third-order valence-electron chi connectivity index (χ3n) is 1.79. The number of aliphatic carboxylic acids is 2. The number of nitrogens with two attached hydrogens (primary N) is 1. The third kappa shape index (κ3) is 10.6. The molecule has 0 rings (SSSR count). The molecule has 100 valence electrons. The van der Waals surface area contributed by atoms with Gasteiger partial charge in [-0.25, -0.2) is 0 Å². The summed E-state index contributed by atoms with van der Waals surface area (Å²) in [7, 11) is 0. The molecular formula is C10H20N2O5. The van der Waals surface area contributed by atoms with Gasteiger partial charge in [0.25, 0.3) is 0 Å². The van der Waals surface area contributed by atoms with Gasteiger partial charge < -0.3 is 21.3 Å². The van der Waals surface area contributed by atoms with Gasteiger partial charge in [-0.3, -0.25) is 14.4 Å². The fourth-order valence-electron chi connectivity index (χ4n) is 0.652. The minimum Gasteiger partial charge on any atom is -0.480 e. The molecule has 2 unspecified atom stereocenters.